The summed E-state index contributed by atoms with van der Waals surface area (Å²) in [5.41, 5.74) is 0. The molecule has 1 atom stereocenters. The van der Waals surface area contributed by atoms with Crippen LogP contribution < -0.4 is 4.90 Å². The lowest BCUT2D eigenvalue weighted by Crippen LogP contribution is -2.35. The Morgan fingerprint density at radius 1 is 1.33 bits per heavy atom. The minimum Gasteiger partial charge on any atom is -0.355 e. The van der Waals surface area contributed by atoms with Gasteiger partial charge in [0.15, 0.2) is 0 Å². The molecule has 1 N–H and O–H groups in total. The standard InChI is InChI=1S/C13H15ClN4/c14-11-4-1-5-17-13(11)18-8-2-3-10(9-18)12-15-6-7-16-12/h1,4-7,10H,2-3,8-9H2,(H,15,16). The Bertz CT molecular complexity index is 511. The van der Waals surface area contributed by atoms with Gasteiger partial charge in [0.2, 0.25) is 0 Å². The van der Waals surface area contributed by atoms with Crippen LogP contribution in [0.15, 0.2) is 30.7 Å². The topological polar surface area (TPSA) is 44.8 Å². The molecule has 5 heteroatoms. The molecule has 18 heavy (non-hydrogen) atoms. The first kappa shape index (κ1) is 11.5. The molecule has 1 fully saturated rings. The molecule has 3 heterocycles. The van der Waals surface area contributed by atoms with E-state index in [2.05, 4.69) is 19.9 Å². The molecular weight excluding hydrogens is 248 g/mol. The highest BCUT2D eigenvalue weighted by molar-refractivity contribution is 6.32. The van der Waals surface area contributed by atoms with E-state index in [0.717, 1.165) is 42.6 Å². The fourth-order valence-electron chi connectivity index (χ4n) is 2.50. The maximum Gasteiger partial charge on any atom is 0.147 e. The summed E-state index contributed by atoms with van der Waals surface area (Å²) in [5.74, 6) is 2.38. The molecular formula is C13H15ClN4. The second-order valence-electron chi connectivity index (χ2n) is 4.57. The predicted molar refractivity (Wildman–Crippen MR) is 72.0 cm³/mol. The van der Waals surface area contributed by atoms with Gasteiger partial charge in [-0.1, -0.05) is 11.6 Å². The summed E-state index contributed by atoms with van der Waals surface area (Å²) in [7, 11) is 0. The van der Waals surface area contributed by atoms with Crippen molar-refractivity contribution in [2.24, 2.45) is 0 Å². The van der Waals surface area contributed by atoms with Gasteiger partial charge in [-0.15, -0.1) is 0 Å². The van der Waals surface area contributed by atoms with Crippen LogP contribution in [0.3, 0.4) is 0 Å². The van der Waals surface area contributed by atoms with E-state index in [1.165, 1.54) is 0 Å². The average molecular weight is 263 g/mol. The minimum atomic E-state index is 0.437. The molecule has 0 radical (unpaired) electrons. The molecule has 0 amide bonds. The molecule has 2 aromatic heterocycles. The zero-order valence-electron chi connectivity index (χ0n) is 10.0. The van der Waals surface area contributed by atoms with Crippen LogP contribution in [0.4, 0.5) is 5.82 Å². The van der Waals surface area contributed by atoms with E-state index in [9.17, 15) is 0 Å². The molecule has 1 saturated heterocycles. The van der Waals surface area contributed by atoms with Crippen molar-refractivity contribution >= 4 is 17.4 Å². The van der Waals surface area contributed by atoms with Crippen molar-refractivity contribution in [1.29, 1.82) is 0 Å². The zero-order chi connectivity index (χ0) is 12.4. The third kappa shape index (κ3) is 2.20. The summed E-state index contributed by atoms with van der Waals surface area (Å²) in [5, 5.41) is 0.720. The van der Waals surface area contributed by atoms with Crippen LogP contribution in [-0.2, 0) is 0 Å². The fraction of sp³-hybridized carbons (Fsp3) is 0.385. The quantitative estimate of drug-likeness (QED) is 0.905. The highest BCUT2D eigenvalue weighted by Gasteiger charge is 2.24. The van der Waals surface area contributed by atoms with Gasteiger partial charge in [-0.3, -0.25) is 0 Å². The van der Waals surface area contributed by atoms with Gasteiger partial charge in [-0.05, 0) is 25.0 Å². The van der Waals surface area contributed by atoms with Gasteiger partial charge in [-0.25, -0.2) is 9.97 Å². The van der Waals surface area contributed by atoms with Gasteiger partial charge in [0.25, 0.3) is 0 Å². The Morgan fingerprint density at radius 2 is 2.28 bits per heavy atom. The van der Waals surface area contributed by atoms with E-state index < -0.39 is 0 Å². The molecule has 2 aromatic rings. The number of hydrogen-bond donors (Lipinski definition) is 1. The van der Waals surface area contributed by atoms with Gasteiger partial charge in [-0.2, -0.15) is 0 Å². The van der Waals surface area contributed by atoms with Crippen molar-refractivity contribution in [3.05, 3.63) is 41.6 Å². The van der Waals surface area contributed by atoms with Crippen molar-refractivity contribution in [1.82, 2.24) is 15.0 Å². The van der Waals surface area contributed by atoms with Crippen LogP contribution in [0.2, 0.25) is 5.02 Å². The Labute approximate surface area is 111 Å². The van der Waals surface area contributed by atoms with Crippen LogP contribution >= 0.6 is 11.6 Å². The summed E-state index contributed by atoms with van der Waals surface area (Å²) in [6.45, 7) is 1.93. The second kappa shape index (κ2) is 4.98. The minimum absolute atomic E-state index is 0.437. The maximum atomic E-state index is 6.20. The molecule has 1 aliphatic rings. The lowest BCUT2D eigenvalue weighted by Gasteiger charge is -2.33. The molecule has 0 aromatic carbocycles. The average Bonchev–Trinajstić information content (AvgIpc) is 2.93. The van der Waals surface area contributed by atoms with Crippen molar-refractivity contribution < 1.29 is 0 Å². The van der Waals surface area contributed by atoms with E-state index in [-0.39, 0.29) is 0 Å². The third-order valence-corrected chi connectivity index (χ3v) is 3.66. The van der Waals surface area contributed by atoms with Crippen LogP contribution in [0.5, 0.6) is 0 Å². The van der Waals surface area contributed by atoms with E-state index in [1.54, 1.807) is 6.20 Å². The predicted octanol–water partition coefficient (Wildman–Crippen LogP) is 2.84. The number of halogens is 1. The van der Waals surface area contributed by atoms with Crippen molar-refractivity contribution in [2.45, 2.75) is 18.8 Å². The molecule has 0 bridgehead atoms. The maximum absolute atomic E-state index is 6.20. The molecule has 3 rings (SSSR count). The molecule has 4 nitrogen and oxygen atoms in total. The molecule has 0 spiro atoms. The molecule has 0 aliphatic carbocycles. The van der Waals surface area contributed by atoms with E-state index >= 15 is 0 Å². The highest BCUT2D eigenvalue weighted by Crippen LogP contribution is 2.30. The van der Waals surface area contributed by atoms with Crippen molar-refractivity contribution in [3.63, 3.8) is 0 Å². The van der Waals surface area contributed by atoms with Crippen LogP contribution in [0.1, 0.15) is 24.6 Å². The monoisotopic (exact) mass is 262 g/mol. The van der Waals surface area contributed by atoms with Crippen LogP contribution in [-0.4, -0.2) is 28.0 Å². The van der Waals surface area contributed by atoms with Gasteiger partial charge < -0.3 is 9.88 Å². The first-order chi connectivity index (χ1) is 8.84. The number of anilines is 1. The Balaban J connectivity index is 1.81. The lowest BCUT2D eigenvalue weighted by molar-refractivity contribution is 0.491. The molecule has 1 aliphatic heterocycles. The van der Waals surface area contributed by atoms with Gasteiger partial charge in [0.1, 0.15) is 11.6 Å². The summed E-state index contributed by atoms with van der Waals surface area (Å²) in [6.07, 6.45) is 7.77. The number of pyridine rings is 1. The first-order valence-electron chi connectivity index (χ1n) is 6.19. The molecule has 1 unspecified atom stereocenters. The summed E-state index contributed by atoms with van der Waals surface area (Å²) >= 11 is 6.20. The Kier molecular flexibility index (Phi) is 3.19. The number of piperidine rings is 1. The first-order valence-corrected chi connectivity index (χ1v) is 6.57. The fourth-order valence-corrected chi connectivity index (χ4v) is 2.74. The number of hydrogen-bond acceptors (Lipinski definition) is 3. The summed E-state index contributed by atoms with van der Waals surface area (Å²) < 4.78 is 0. The third-order valence-electron chi connectivity index (χ3n) is 3.37. The van der Waals surface area contributed by atoms with E-state index in [1.807, 2.05) is 24.5 Å². The van der Waals surface area contributed by atoms with Crippen molar-refractivity contribution in [2.75, 3.05) is 18.0 Å². The summed E-state index contributed by atoms with van der Waals surface area (Å²) in [6, 6.07) is 3.75. The largest absolute Gasteiger partial charge is 0.355 e. The normalized spacial score (nSPS) is 20.1. The summed E-state index contributed by atoms with van der Waals surface area (Å²) in [4.78, 5) is 14.2. The molecule has 94 valence electrons. The SMILES string of the molecule is Clc1cccnc1N1CCCC(c2ncc[nH]2)C1. The van der Waals surface area contributed by atoms with E-state index in [0.29, 0.717) is 5.92 Å². The van der Waals surface area contributed by atoms with Crippen molar-refractivity contribution in [3.8, 4) is 0 Å². The van der Waals surface area contributed by atoms with Crippen LogP contribution in [0.25, 0.3) is 0 Å². The van der Waals surface area contributed by atoms with Gasteiger partial charge in [0, 0.05) is 37.6 Å². The Morgan fingerprint density at radius 3 is 3.06 bits per heavy atom. The molecule has 0 saturated carbocycles. The lowest BCUT2D eigenvalue weighted by atomic mass is 9.97. The van der Waals surface area contributed by atoms with Crippen LogP contribution in [0, 0.1) is 0 Å². The van der Waals surface area contributed by atoms with E-state index in [4.69, 9.17) is 11.6 Å². The Hall–Kier alpha value is -1.55. The van der Waals surface area contributed by atoms with Gasteiger partial charge in [0.05, 0.1) is 5.02 Å². The smallest absolute Gasteiger partial charge is 0.147 e. The number of aromatic amines is 1. The number of imidazole rings is 1. The highest BCUT2D eigenvalue weighted by atomic mass is 35.5. The number of rotatable bonds is 2. The van der Waals surface area contributed by atoms with Gasteiger partial charge >= 0.3 is 0 Å². The second-order valence-corrected chi connectivity index (χ2v) is 4.98. The number of H-pyrrole nitrogens is 1. The number of nitrogens with zero attached hydrogens (tertiary/aromatic N) is 3. The zero-order valence-corrected chi connectivity index (χ0v) is 10.8. The number of aromatic nitrogens is 3. The number of nitrogens with one attached hydrogen (secondary N) is 1.